The molecular formula is C17H18N6O2. The van der Waals surface area contributed by atoms with Crippen LogP contribution in [0.2, 0.25) is 0 Å². The van der Waals surface area contributed by atoms with E-state index in [9.17, 15) is 9.59 Å². The van der Waals surface area contributed by atoms with Gasteiger partial charge in [0.25, 0.3) is 5.56 Å². The maximum absolute atomic E-state index is 13.1. The number of fused-ring (bicyclic) bond motifs is 3. The minimum Gasteiger partial charge on any atom is -0.294 e. The van der Waals surface area contributed by atoms with Crippen molar-refractivity contribution in [1.29, 1.82) is 0 Å². The summed E-state index contributed by atoms with van der Waals surface area (Å²) >= 11 is 0. The van der Waals surface area contributed by atoms with Gasteiger partial charge < -0.3 is 0 Å². The second-order valence-corrected chi connectivity index (χ2v) is 6.24. The maximum Gasteiger partial charge on any atom is 0.332 e. The van der Waals surface area contributed by atoms with Crippen molar-refractivity contribution >= 4 is 22.8 Å². The van der Waals surface area contributed by atoms with Gasteiger partial charge in [0, 0.05) is 7.05 Å². The Balaban J connectivity index is 2.01. The molecule has 1 N–H and O–H groups in total. The summed E-state index contributed by atoms with van der Waals surface area (Å²) in [6, 6.07) is 9.34. The topological polar surface area (TPSA) is 86.2 Å². The summed E-state index contributed by atoms with van der Waals surface area (Å²) in [7, 11) is 1.63. The molecule has 1 unspecified atom stereocenters. The minimum absolute atomic E-state index is 0.114. The summed E-state index contributed by atoms with van der Waals surface area (Å²) < 4.78 is 4.47. The third kappa shape index (κ3) is 2.21. The standard InChI is InChI=1S/C17H18N6O2/c1-10-11(2)23-13-14(18-16(23)20-19-10)21(3)17(25)22(15(13)24)9-12-7-5-4-6-8-12/h4-8,11H,9H2,1-3H3,(H,18,20). The first-order chi connectivity index (χ1) is 12.0. The smallest absolute Gasteiger partial charge is 0.294 e. The summed E-state index contributed by atoms with van der Waals surface area (Å²) in [6.45, 7) is 4.06. The number of anilines is 1. The Hall–Kier alpha value is -3.16. The number of hydrazone groups is 1. The molecule has 8 nitrogen and oxygen atoms in total. The molecule has 0 saturated carbocycles. The highest BCUT2D eigenvalue weighted by atomic mass is 16.2. The van der Waals surface area contributed by atoms with E-state index in [4.69, 9.17) is 0 Å². The van der Waals surface area contributed by atoms with Gasteiger partial charge in [0.2, 0.25) is 5.95 Å². The van der Waals surface area contributed by atoms with Crippen LogP contribution in [-0.4, -0.2) is 24.4 Å². The quantitative estimate of drug-likeness (QED) is 0.763. The monoisotopic (exact) mass is 338 g/mol. The normalized spacial score (nSPS) is 16.4. The highest BCUT2D eigenvalue weighted by molar-refractivity contribution is 5.90. The Labute approximate surface area is 143 Å². The largest absolute Gasteiger partial charge is 0.332 e. The molecule has 0 bridgehead atoms. The average Bonchev–Trinajstić information content (AvgIpc) is 3.01. The molecule has 0 amide bonds. The van der Waals surface area contributed by atoms with Crippen molar-refractivity contribution in [3.8, 4) is 0 Å². The van der Waals surface area contributed by atoms with Crippen LogP contribution in [0.25, 0.3) is 11.2 Å². The van der Waals surface area contributed by atoms with E-state index in [1.807, 2.05) is 44.2 Å². The summed E-state index contributed by atoms with van der Waals surface area (Å²) in [6.07, 6.45) is 0. The predicted octanol–water partition coefficient (Wildman–Crippen LogP) is 1.31. The van der Waals surface area contributed by atoms with Crippen molar-refractivity contribution in [2.45, 2.75) is 26.4 Å². The number of hydrogen-bond acceptors (Lipinski definition) is 5. The number of rotatable bonds is 2. The van der Waals surface area contributed by atoms with Crippen LogP contribution in [0.4, 0.5) is 5.95 Å². The van der Waals surface area contributed by atoms with Crippen LogP contribution in [0.3, 0.4) is 0 Å². The van der Waals surface area contributed by atoms with Crippen molar-refractivity contribution in [2.75, 3.05) is 5.43 Å². The molecule has 3 heterocycles. The molecule has 1 aliphatic heterocycles. The van der Waals surface area contributed by atoms with Crippen molar-refractivity contribution in [3.05, 3.63) is 56.7 Å². The Morgan fingerprint density at radius 3 is 2.64 bits per heavy atom. The van der Waals surface area contributed by atoms with Crippen LogP contribution >= 0.6 is 0 Å². The number of aryl methyl sites for hydroxylation is 1. The molecule has 0 spiro atoms. The molecule has 0 radical (unpaired) electrons. The van der Waals surface area contributed by atoms with Gasteiger partial charge in [0.15, 0.2) is 11.2 Å². The fraction of sp³-hybridized carbons (Fsp3) is 0.294. The molecule has 2 aromatic heterocycles. The molecule has 4 rings (SSSR count). The fourth-order valence-corrected chi connectivity index (χ4v) is 3.12. The molecule has 8 heteroatoms. The lowest BCUT2D eigenvalue weighted by Gasteiger charge is -2.21. The molecule has 1 aliphatic rings. The number of benzene rings is 1. The first-order valence-corrected chi connectivity index (χ1v) is 8.05. The van der Waals surface area contributed by atoms with E-state index in [-0.39, 0.29) is 23.8 Å². The summed E-state index contributed by atoms with van der Waals surface area (Å²) in [5, 5.41) is 4.21. The lowest BCUT2D eigenvalue weighted by molar-refractivity contribution is 0.645. The molecule has 25 heavy (non-hydrogen) atoms. The number of imidazole rings is 1. The molecule has 0 aliphatic carbocycles. The first-order valence-electron chi connectivity index (χ1n) is 8.05. The van der Waals surface area contributed by atoms with Gasteiger partial charge in [-0.05, 0) is 19.4 Å². The van der Waals surface area contributed by atoms with E-state index < -0.39 is 0 Å². The number of aromatic nitrogens is 4. The lowest BCUT2D eigenvalue weighted by atomic mass is 10.2. The Morgan fingerprint density at radius 2 is 1.92 bits per heavy atom. The maximum atomic E-state index is 13.1. The van der Waals surface area contributed by atoms with Crippen molar-refractivity contribution in [3.63, 3.8) is 0 Å². The Bertz CT molecular complexity index is 1120. The molecule has 1 aromatic carbocycles. The molecular weight excluding hydrogens is 320 g/mol. The van der Waals surface area contributed by atoms with E-state index in [1.165, 1.54) is 9.13 Å². The zero-order valence-corrected chi connectivity index (χ0v) is 14.2. The molecule has 1 atom stereocenters. The number of nitrogens with zero attached hydrogens (tertiary/aromatic N) is 5. The Morgan fingerprint density at radius 1 is 1.20 bits per heavy atom. The SMILES string of the molecule is CC1=NNc2nc3c(c(=O)n(Cc4ccccc4)c(=O)n3C)n2C1C. The molecule has 0 saturated heterocycles. The van der Waals surface area contributed by atoms with E-state index in [1.54, 1.807) is 11.6 Å². The third-order valence-electron chi connectivity index (χ3n) is 4.68. The molecule has 0 fully saturated rings. The third-order valence-corrected chi connectivity index (χ3v) is 4.68. The van der Waals surface area contributed by atoms with E-state index >= 15 is 0 Å². The second kappa shape index (κ2) is 5.44. The van der Waals surface area contributed by atoms with Crippen molar-refractivity contribution in [1.82, 2.24) is 18.7 Å². The van der Waals surface area contributed by atoms with Gasteiger partial charge in [-0.25, -0.2) is 10.2 Å². The van der Waals surface area contributed by atoms with Crippen LogP contribution in [0.5, 0.6) is 0 Å². The van der Waals surface area contributed by atoms with Crippen LogP contribution in [-0.2, 0) is 13.6 Å². The van der Waals surface area contributed by atoms with Gasteiger partial charge in [0.05, 0.1) is 18.3 Å². The molecule has 3 aromatic rings. The van der Waals surface area contributed by atoms with Gasteiger partial charge in [-0.2, -0.15) is 10.1 Å². The van der Waals surface area contributed by atoms with Crippen LogP contribution in [0.1, 0.15) is 25.5 Å². The van der Waals surface area contributed by atoms with Gasteiger partial charge in [-0.3, -0.25) is 18.5 Å². The average molecular weight is 338 g/mol. The number of hydrogen-bond donors (Lipinski definition) is 1. The summed E-state index contributed by atoms with van der Waals surface area (Å²) in [4.78, 5) is 30.2. The molecule has 128 valence electrons. The predicted molar refractivity (Wildman–Crippen MR) is 96.2 cm³/mol. The van der Waals surface area contributed by atoms with E-state index in [0.29, 0.717) is 17.1 Å². The zero-order chi connectivity index (χ0) is 17.7. The van der Waals surface area contributed by atoms with Crippen LogP contribution in [0.15, 0.2) is 45.0 Å². The number of nitrogens with one attached hydrogen (secondary N) is 1. The fourth-order valence-electron chi connectivity index (χ4n) is 3.12. The highest BCUT2D eigenvalue weighted by Crippen LogP contribution is 2.25. The van der Waals surface area contributed by atoms with Gasteiger partial charge >= 0.3 is 5.69 Å². The van der Waals surface area contributed by atoms with Gasteiger partial charge in [0.1, 0.15) is 0 Å². The van der Waals surface area contributed by atoms with Gasteiger partial charge in [-0.15, -0.1) is 0 Å². The summed E-state index contributed by atoms with van der Waals surface area (Å²) in [5.74, 6) is 0.470. The van der Waals surface area contributed by atoms with E-state index in [2.05, 4.69) is 15.5 Å². The second-order valence-electron chi connectivity index (χ2n) is 6.24. The van der Waals surface area contributed by atoms with E-state index in [0.717, 1.165) is 11.3 Å². The highest BCUT2D eigenvalue weighted by Gasteiger charge is 2.26. The first kappa shape index (κ1) is 15.4. The van der Waals surface area contributed by atoms with Gasteiger partial charge in [-0.1, -0.05) is 30.3 Å². The van der Waals surface area contributed by atoms with Crippen molar-refractivity contribution in [2.24, 2.45) is 12.1 Å². The van der Waals surface area contributed by atoms with Crippen LogP contribution in [0, 0.1) is 0 Å². The zero-order valence-electron chi connectivity index (χ0n) is 14.2. The summed E-state index contributed by atoms with van der Waals surface area (Å²) in [5.41, 5.74) is 4.62. The minimum atomic E-state index is -0.387. The lowest BCUT2D eigenvalue weighted by Crippen LogP contribution is -2.40. The van der Waals surface area contributed by atoms with Crippen molar-refractivity contribution < 1.29 is 0 Å². The Kier molecular flexibility index (Phi) is 3.34. The van der Waals surface area contributed by atoms with Crippen LogP contribution < -0.4 is 16.7 Å².